The molecule has 3 rings (SSSR count). The van der Waals surface area contributed by atoms with Crippen LogP contribution >= 0.6 is 46.4 Å². The topological polar surface area (TPSA) is 86.8 Å². The molecule has 2 atom stereocenters. The number of rotatable bonds is 11. The van der Waals surface area contributed by atoms with Crippen LogP contribution in [-0.2, 0) is 26.2 Å². The summed E-state index contributed by atoms with van der Waals surface area (Å²) in [7, 11) is -4.26. The quantitative estimate of drug-likeness (QED) is 0.237. The van der Waals surface area contributed by atoms with Gasteiger partial charge in [0, 0.05) is 28.2 Å². The van der Waals surface area contributed by atoms with Crippen molar-refractivity contribution in [1.29, 1.82) is 0 Å². The van der Waals surface area contributed by atoms with Gasteiger partial charge < -0.3 is 10.2 Å². The minimum atomic E-state index is -4.26. The Labute approximate surface area is 261 Å². The van der Waals surface area contributed by atoms with Crippen LogP contribution in [0.3, 0.4) is 0 Å². The van der Waals surface area contributed by atoms with Gasteiger partial charge >= 0.3 is 0 Å². The summed E-state index contributed by atoms with van der Waals surface area (Å²) in [5.41, 5.74) is 1.42. The Hall–Kier alpha value is -2.49. The van der Waals surface area contributed by atoms with Crippen molar-refractivity contribution in [3.05, 3.63) is 91.9 Å². The first-order chi connectivity index (χ1) is 19.3. The van der Waals surface area contributed by atoms with Gasteiger partial charge in [0.15, 0.2) is 0 Å². The highest BCUT2D eigenvalue weighted by molar-refractivity contribution is 7.92. The first kappa shape index (κ1) is 33.0. The molecule has 3 aromatic rings. The largest absolute Gasteiger partial charge is 0.352 e. The zero-order valence-electron chi connectivity index (χ0n) is 23.0. The summed E-state index contributed by atoms with van der Waals surface area (Å²) in [6.45, 7) is 6.40. The summed E-state index contributed by atoms with van der Waals surface area (Å²) in [5.74, 6) is -1.06. The second-order valence-electron chi connectivity index (χ2n) is 9.64. The number of aryl methyl sites for hydroxylation is 1. The normalized spacial score (nSPS) is 12.9. The summed E-state index contributed by atoms with van der Waals surface area (Å²) in [6, 6.07) is 14.3. The van der Waals surface area contributed by atoms with Crippen molar-refractivity contribution in [2.45, 2.75) is 57.6 Å². The second-order valence-corrected chi connectivity index (χ2v) is 13.1. The number of carbonyl (C=O) groups excluding carboxylic acids is 2. The van der Waals surface area contributed by atoms with E-state index in [1.807, 2.05) is 20.8 Å². The summed E-state index contributed by atoms with van der Waals surface area (Å²) < 4.78 is 28.8. The van der Waals surface area contributed by atoms with Crippen molar-refractivity contribution in [2.24, 2.45) is 0 Å². The molecule has 0 aliphatic carbocycles. The molecule has 0 spiro atoms. The molecule has 220 valence electrons. The molecule has 2 amide bonds. The molecule has 0 saturated heterocycles. The molecule has 3 aromatic carbocycles. The van der Waals surface area contributed by atoms with E-state index in [1.54, 1.807) is 37.3 Å². The van der Waals surface area contributed by atoms with Crippen LogP contribution < -0.4 is 9.62 Å². The fraction of sp³-hybridized carbons (Fsp3) is 0.310. The van der Waals surface area contributed by atoms with Crippen molar-refractivity contribution in [2.75, 3.05) is 10.8 Å². The maximum absolute atomic E-state index is 14.0. The summed E-state index contributed by atoms with van der Waals surface area (Å²) in [4.78, 5) is 28.4. The van der Waals surface area contributed by atoms with Gasteiger partial charge in [-0.25, -0.2) is 8.42 Å². The fourth-order valence-electron chi connectivity index (χ4n) is 3.91. The van der Waals surface area contributed by atoms with Crippen LogP contribution in [0.15, 0.2) is 65.6 Å². The molecule has 0 aliphatic heterocycles. The monoisotopic (exact) mass is 657 g/mol. The van der Waals surface area contributed by atoms with E-state index >= 15 is 0 Å². The molecule has 1 N–H and O–H groups in total. The molecule has 12 heteroatoms. The average Bonchev–Trinajstić information content (AvgIpc) is 2.92. The number of sulfonamides is 1. The first-order valence-corrected chi connectivity index (χ1v) is 15.8. The van der Waals surface area contributed by atoms with E-state index in [9.17, 15) is 18.0 Å². The van der Waals surface area contributed by atoms with E-state index in [4.69, 9.17) is 46.4 Å². The zero-order chi connectivity index (χ0) is 30.5. The highest BCUT2D eigenvalue weighted by atomic mass is 35.5. The number of benzene rings is 3. The maximum atomic E-state index is 14.0. The van der Waals surface area contributed by atoms with Gasteiger partial charge in [-0.2, -0.15) is 0 Å². The number of nitrogens with zero attached hydrogens (tertiary/aromatic N) is 2. The molecular weight excluding hydrogens is 628 g/mol. The van der Waals surface area contributed by atoms with E-state index in [1.165, 1.54) is 35.2 Å². The van der Waals surface area contributed by atoms with Gasteiger partial charge in [0.25, 0.3) is 10.0 Å². The number of hydrogen-bond donors (Lipinski definition) is 1. The smallest absolute Gasteiger partial charge is 0.264 e. The predicted molar refractivity (Wildman–Crippen MR) is 167 cm³/mol. The van der Waals surface area contributed by atoms with Crippen LogP contribution in [0.4, 0.5) is 5.69 Å². The summed E-state index contributed by atoms with van der Waals surface area (Å²) in [5, 5.41) is 3.82. The Balaban J connectivity index is 2.09. The molecule has 0 heterocycles. The van der Waals surface area contributed by atoms with Crippen LogP contribution in [0.5, 0.6) is 0 Å². The standard InChI is InChI=1S/C29H31Cl4N3O4S/c1-5-19(3)34-29(38)20(4)35(16-23-24(30)7-6-8-25(23)31)28(37)17-36(21-11-14-26(32)27(33)15-21)41(39,40)22-12-9-18(2)10-13-22/h6-15,19-20H,5,16-17H2,1-4H3,(H,34,38)/t19-,20+/m1/s1. The Kier molecular flexibility index (Phi) is 11.4. The number of halogens is 4. The lowest BCUT2D eigenvalue weighted by molar-refractivity contribution is -0.139. The third-order valence-corrected chi connectivity index (χ3v) is 9.87. The third-order valence-electron chi connectivity index (χ3n) is 6.64. The van der Waals surface area contributed by atoms with E-state index in [2.05, 4.69) is 5.32 Å². The summed E-state index contributed by atoms with van der Waals surface area (Å²) >= 11 is 25.2. The van der Waals surface area contributed by atoms with Crippen LogP contribution in [-0.4, -0.2) is 43.8 Å². The first-order valence-electron chi connectivity index (χ1n) is 12.8. The van der Waals surface area contributed by atoms with Gasteiger partial charge in [0.2, 0.25) is 11.8 Å². The number of carbonyl (C=O) groups is 2. The number of anilines is 1. The van der Waals surface area contributed by atoms with Gasteiger partial charge in [-0.05, 0) is 69.7 Å². The summed E-state index contributed by atoms with van der Waals surface area (Å²) in [6.07, 6.45) is 0.683. The molecule has 0 radical (unpaired) electrons. The van der Waals surface area contributed by atoms with Crippen molar-refractivity contribution >= 4 is 73.9 Å². The highest BCUT2D eigenvalue weighted by Crippen LogP contribution is 2.32. The minimum absolute atomic E-state index is 0.0229. The molecule has 0 unspecified atom stereocenters. The molecule has 0 fully saturated rings. The second kappa shape index (κ2) is 14.1. The zero-order valence-corrected chi connectivity index (χ0v) is 26.8. The van der Waals surface area contributed by atoms with E-state index in [-0.39, 0.29) is 33.2 Å². The molecule has 0 aromatic heterocycles. The molecular formula is C29H31Cl4N3O4S. The Morgan fingerprint density at radius 3 is 2.05 bits per heavy atom. The molecule has 0 saturated carbocycles. The van der Waals surface area contributed by atoms with Crippen molar-refractivity contribution in [3.63, 3.8) is 0 Å². The predicted octanol–water partition coefficient (Wildman–Crippen LogP) is 7.14. The number of nitrogens with one attached hydrogen (secondary N) is 1. The minimum Gasteiger partial charge on any atom is -0.352 e. The SMILES string of the molecule is CC[C@@H](C)NC(=O)[C@H](C)N(Cc1c(Cl)cccc1Cl)C(=O)CN(c1ccc(Cl)c(Cl)c1)S(=O)(=O)c1ccc(C)cc1. The lowest BCUT2D eigenvalue weighted by atomic mass is 10.1. The average molecular weight is 659 g/mol. The van der Waals surface area contributed by atoms with E-state index < -0.39 is 34.4 Å². The van der Waals surface area contributed by atoms with E-state index in [0.29, 0.717) is 22.0 Å². The maximum Gasteiger partial charge on any atom is 0.264 e. The fourth-order valence-corrected chi connectivity index (χ4v) is 6.12. The lowest BCUT2D eigenvalue weighted by Gasteiger charge is -2.33. The van der Waals surface area contributed by atoms with Crippen LogP contribution in [0.1, 0.15) is 38.3 Å². The highest BCUT2D eigenvalue weighted by Gasteiger charge is 2.33. The van der Waals surface area contributed by atoms with E-state index in [0.717, 1.165) is 9.87 Å². The van der Waals surface area contributed by atoms with Gasteiger partial charge in [-0.1, -0.05) is 77.1 Å². The molecule has 7 nitrogen and oxygen atoms in total. The van der Waals surface area contributed by atoms with Gasteiger partial charge in [0.1, 0.15) is 12.6 Å². The molecule has 41 heavy (non-hydrogen) atoms. The van der Waals surface area contributed by atoms with Crippen LogP contribution in [0.25, 0.3) is 0 Å². The van der Waals surface area contributed by atoms with Crippen LogP contribution in [0.2, 0.25) is 20.1 Å². The van der Waals surface area contributed by atoms with Gasteiger partial charge in [0.05, 0.1) is 20.6 Å². The Morgan fingerprint density at radius 1 is 0.878 bits per heavy atom. The third kappa shape index (κ3) is 8.08. The van der Waals surface area contributed by atoms with Crippen molar-refractivity contribution in [1.82, 2.24) is 10.2 Å². The number of amides is 2. The van der Waals surface area contributed by atoms with Crippen LogP contribution in [0, 0.1) is 6.92 Å². The number of hydrogen-bond acceptors (Lipinski definition) is 4. The van der Waals surface area contributed by atoms with Crippen molar-refractivity contribution < 1.29 is 18.0 Å². The Morgan fingerprint density at radius 2 is 1.49 bits per heavy atom. The van der Waals surface area contributed by atoms with Gasteiger partial charge in [-0.3, -0.25) is 13.9 Å². The molecule has 0 aliphatic rings. The van der Waals surface area contributed by atoms with Gasteiger partial charge in [-0.15, -0.1) is 0 Å². The lowest BCUT2D eigenvalue weighted by Crippen LogP contribution is -2.52. The van der Waals surface area contributed by atoms with Crippen molar-refractivity contribution in [3.8, 4) is 0 Å². The Bertz CT molecular complexity index is 1500. The molecule has 0 bridgehead atoms.